The van der Waals surface area contributed by atoms with Crippen molar-refractivity contribution in [3.05, 3.63) is 35.9 Å². The lowest BCUT2D eigenvalue weighted by Gasteiger charge is -2.10. The number of benzene rings is 1. The van der Waals surface area contributed by atoms with Crippen LogP contribution in [0.2, 0.25) is 0 Å². The molecule has 0 aliphatic rings. The highest BCUT2D eigenvalue weighted by atomic mass is 16.2. The molecule has 4 N–H and O–H groups in total. The molecule has 0 aliphatic carbocycles. The predicted molar refractivity (Wildman–Crippen MR) is 52.2 cm³/mol. The lowest BCUT2D eigenvalue weighted by Crippen LogP contribution is -2.26. The monoisotopic (exact) mass is 192 g/mol. The quantitative estimate of drug-likeness (QED) is 0.710. The Morgan fingerprint density at radius 3 is 2.14 bits per heavy atom. The van der Waals surface area contributed by atoms with E-state index >= 15 is 0 Å². The largest absolute Gasteiger partial charge is 0.370 e. The number of hydrogen-bond donors (Lipinski definition) is 2. The van der Waals surface area contributed by atoms with Gasteiger partial charge in [-0.15, -0.1) is 0 Å². The highest BCUT2D eigenvalue weighted by Gasteiger charge is 2.19. The summed E-state index contributed by atoms with van der Waals surface area (Å²) < 4.78 is 0. The molecule has 1 rings (SSSR count). The van der Waals surface area contributed by atoms with Gasteiger partial charge in [0.1, 0.15) is 0 Å². The number of carbonyl (C=O) groups is 2. The van der Waals surface area contributed by atoms with E-state index in [4.69, 9.17) is 11.5 Å². The third kappa shape index (κ3) is 2.58. The van der Waals surface area contributed by atoms with Crippen molar-refractivity contribution < 1.29 is 9.59 Å². The molecule has 1 atom stereocenters. The van der Waals surface area contributed by atoms with E-state index in [0.29, 0.717) is 0 Å². The van der Waals surface area contributed by atoms with E-state index in [-0.39, 0.29) is 6.42 Å². The zero-order chi connectivity index (χ0) is 10.6. The molecule has 0 aliphatic heterocycles. The first-order valence-corrected chi connectivity index (χ1v) is 4.24. The Morgan fingerprint density at radius 1 is 1.14 bits per heavy atom. The molecule has 0 saturated heterocycles. The van der Waals surface area contributed by atoms with Crippen LogP contribution >= 0.6 is 0 Å². The first-order valence-electron chi connectivity index (χ1n) is 4.24. The molecule has 1 aromatic rings. The lowest BCUT2D eigenvalue weighted by molar-refractivity contribution is -0.124. The van der Waals surface area contributed by atoms with Crippen molar-refractivity contribution in [1.29, 1.82) is 0 Å². The summed E-state index contributed by atoms with van der Waals surface area (Å²) >= 11 is 0. The summed E-state index contributed by atoms with van der Waals surface area (Å²) in [7, 11) is 0. The van der Waals surface area contributed by atoms with Crippen molar-refractivity contribution in [3.63, 3.8) is 0 Å². The van der Waals surface area contributed by atoms with Crippen LogP contribution in [0.5, 0.6) is 0 Å². The number of primary amides is 2. The third-order valence-corrected chi connectivity index (χ3v) is 1.95. The van der Waals surface area contributed by atoms with Crippen molar-refractivity contribution in [3.8, 4) is 0 Å². The Kier molecular flexibility index (Phi) is 3.23. The SMILES string of the molecule is NC(=O)C[C@@H](C(N)=O)c1ccccc1. The average Bonchev–Trinajstić information content (AvgIpc) is 2.15. The van der Waals surface area contributed by atoms with Crippen molar-refractivity contribution in [2.75, 3.05) is 0 Å². The van der Waals surface area contributed by atoms with E-state index in [2.05, 4.69) is 0 Å². The normalized spacial score (nSPS) is 12.0. The van der Waals surface area contributed by atoms with Gasteiger partial charge >= 0.3 is 0 Å². The van der Waals surface area contributed by atoms with Crippen molar-refractivity contribution in [1.82, 2.24) is 0 Å². The van der Waals surface area contributed by atoms with Crippen molar-refractivity contribution >= 4 is 11.8 Å². The van der Waals surface area contributed by atoms with Crippen molar-refractivity contribution in [2.24, 2.45) is 11.5 Å². The maximum Gasteiger partial charge on any atom is 0.225 e. The van der Waals surface area contributed by atoms with Gasteiger partial charge in [-0.3, -0.25) is 9.59 Å². The minimum Gasteiger partial charge on any atom is -0.370 e. The van der Waals surface area contributed by atoms with Gasteiger partial charge < -0.3 is 11.5 Å². The lowest BCUT2D eigenvalue weighted by atomic mass is 9.95. The fourth-order valence-electron chi connectivity index (χ4n) is 1.27. The molecule has 4 heteroatoms. The van der Waals surface area contributed by atoms with Gasteiger partial charge in [-0.25, -0.2) is 0 Å². The van der Waals surface area contributed by atoms with Gasteiger partial charge in [-0.1, -0.05) is 30.3 Å². The minimum atomic E-state index is -0.617. The van der Waals surface area contributed by atoms with Gasteiger partial charge in [0.25, 0.3) is 0 Å². The van der Waals surface area contributed by atoms with Crippen LogP contribution in [-0.2, 0) is 9.59 Å². The molecule has 0 saturated carbocycles. The summed E-state index contributed by atoms with van der Waals surface area (Å²) in [6, 6.07) is 8.89. The molecule has 0 fully saturated rings. The van der Waals surface area contributed by atoms with E-state index in [1.54, 1.807) is 24.3 Å². The molecular weight excluding hydrogens is 180 g/mol. The molecule has 4 nitrogen and oxygen atoms in total. The summed E-state index contributed by atoms with van der Waals surface area (Å²) in [5.41, 5.74) is 10.9. The van der Waals surface area contributed by atoms with Gasteiger partial charge in [0.15, 0.2) is 0 Å². The van der Waals surface area contributed by atoms with E-state index in [0.717, 1.165) is 5.56 Å². The Labute approximate surface area is 81.9 Å². The minimum absolute atomic E-state index is 0.0423. The summed E-state index contributed by atoms with van der Waals surface area (Å²) in [4.78, 5) is 21.8. The summed E-state index contributed by atoms with van der Waals surface area (Å²) in [6.45, 7) is 0. The van der Waals surface area contributed by atoms with Crippen molar-refractivity contribution in [2.45, 2.75) is 12.3 Å². The summed E-state index contributed by atoms with van der Waals surface area (Å²) in [6.07, 6.45) is -0.0423. The topological polar surface area (TPSA) is 86.2 Å². The van der Waals surface area contributed by atoms with Gasteiger partial charge in [0.05, 0.1) is 5.92 Å². The number of carbonyl (C=O) groups excluding carboxylic acids is 2. The van der Waals surface area contributed by atoms with E-state index < -0.39 is 17.7 Å². The Morgan fingerprint density at radius 2 is 1.71 bits per heavy atom. The van der Waals surface area contributed by atoms with Gasteiger partial charge in [-0.05, 0) is 5.56 Å². The van der Waals surface area contributed by atoms with Crippen LogP contribution in [0.3, 0.4) is 0 Å². The maximum atomic E-state index is 11.0. The Balaban J connectivity index is 2.89. The van der Waals surface area contributed by atoms with Crippen LogP contribution in [0.15, 0.2) is 30.3 Å². The molecule has 14 heavy (non-hydrogen) atoms. The molecule has 0 heterocycles. The fraction of sp³-hybridized carbons (Fsp3) is 0.200. The number of rotatable bonds is 4. The van der Waals surface area contributed by atoms with Gasteiger partial charge in [0, 0.05) is 6.42 Å². The summed E-state index contributed by atoms with van der Waals surface area (Å²) in [5, 5.41) is 0. The first-order chi connectivity index (χ1) is 6.61. The van der Waals surface area contributed by atoms with Crippen LogP contribution < -0.4 is 11.5 Å². The second-order valence-corrected chi connectivity index (χ2v) is 3.04. The first kappa shape index (κ1) is 10.2. The standard InChI is InChI=1S/C10H12N2O2/c11-9(13)6-8(10(12)14)7-4-2-1-3-5-7/h1-5,8H,6H2,(H2,11,13)(H2,12,14)/t8-/m1/s1. The third-order valence-electron chi connectivity index (χ3n) is 1.95. The zero-order valence-electron chi connectivity index (χ0n) is 7.64. The second-order valence-electron chi connectivity index (χ2n) is 3.04. The van der Waals surface area contributed by atoms with Gasteiger partial charge in [-0.2, -0.15) is 0 Å². The highest BCUT2D eigenvalue weighted by molar-refractivity contribution is 5.88. The second kappa shape index (κ2) is 4.41. The van der Waals surface area contributed by atoms with Crippen LogP contribution in [0.1, 0.15) is 17.9 Å². The number of nitrogens with two attached hydrogens (primary N) is 2. The highest BCUT2D eigenvalue weighted by Crippen LogP contribution is 2.18. The molecule has 1 aromatic carbocycles. The van der Waals surface area contributed by atoms with Gasteiger partial charge in [0.2, 0.25) is 11.8 Å². The molecule has 0 radical (unpaired) electrons. The number of hydrogen-bond acceptors (Lipinski definition) is 2. The molecule has 74 valence electrons. The summed E-state index contributed by atoms with van der Waals surface area (Å²) in [5.74, 6) is -1.68. The molecule has 0 aromatic heterocycles. The molecule has 0 unspecified atom stereocenters. The molecular formula is C10H12N2O2. The fourth-order valence-corrected chi connectivity index (χ4v) is 1.27. The van der Waals surface area contributed by atoms with Crippen LogP contribution in [0.25, 0.3) is 0 Å². The van der Waals surface area contributed by atoms with E-state index in [9.17, 15) is 9.59 Å². The van der Waals surface area contributed by atoms with Crippen LogP contribution in [0, 0.1) is 0 Å². The predicted octanol–water partition coefficient (Wildman–Crippen LogP) is 0.131. The van der Waals surface area contributed by atoms with E-state index in [1.165, 1.54) is 0 Å². The molecule has 2 amide bonds. The zero-order valence-corrected chi connectivity index (χ0v) is 7.64. The smallest absolute Gasteiger partial charge is 0.225 e. The Hall–Kier alpha value is -1.84. The Bertz CT molecular complexity index is 335. The molecule has 0 bridgehead atoms. The average molecular weight is 192 g/mol. The van der Waals surface area contributed by atoms with Crippen LogP contribution in [-0.4, -0.2) is 11.8 Å². The van der Waals surface area contributed by atoms with E-state index in [1.807, 2.05) is 6.07 Å². The number of amides is 2. The maximum absolute atomic E-state index is 11.0. The molecule has 0 spiro atoms. The van der Waals surface area contributed by atoms with Crippen LogP contribution in [0.4, 0.5) is 0 Å².